The summed E-state index contributed by atoms with van der Waals surface area (Å²) in [5.41, 5.74) is 6.76. The number of hydrogen-bond acceptors (Lipinski definition) is 8. The zero-order valence-electron chi connectivity index (χ0n) is 29.6. The van der Waals surface area contributed by atoms with Crippen LogP contribution in [0, 0.1) is 0 Å². The second-order valence-corrected chi connectivity index (χ2v) is 10.0. The van der Waals surface area contributed by atoms with Gasteiger partial charge >= 0.3 is 5.97 Å². The van der Waals surface area contributed by atoms with Crippen LogP contribution in [0.4, 0.5) is 0 Å². The van der Waals surface area contributed by atoms with Crippen molar-refractivity contribution in [3.05, 3.63) is 70.6 Å². The van der Waals surface area contributed by atoms with E-state index in [9.17, 15) is 14.4 Å². The number of ketones is 1. The number of esters is 1. The number of hydrogen-bond donors (Lipinski definition) is 1. The van der Waals surface area contributed by atoms with E-state index in [0.717, 1.165) is 0 Å². The van der Waals surface area contributed by atoms with E-state index in [2.05, 4.69) is 4.74 Å². The number of nitrogens with zero attached hydrogens (tertiary/aromatic N) is 2. The van der Waals surface area contributed by atoms with E-state index in [1.54, 1.807) is 62.2 Å². The SMILES string of the molecule is [2H]C1([2H])OC([2H])([2H])C([2H])([2H])N(Cc2ccc(COC3=C4CN(C(CCC(N)=O)C(=O)OC(C)(C)C)C=C4C=CC3=O)cc2)C1([2H])[2H]. The molecule has 0 saturated carbocycles. The maximum atomic E-state index is 13.0. The normalized spacial score (nSPS) is 27.2. The van der Waals surface area contributed by atoms with Gasteiger partial charge in [-0.1, -0.05) is 24.3 Å². The number of primary amides is 1. The van der Waals surface area contributed by atoms with E-state index in [-0.39, 0.29) is 37.5 Å². The van der Waals surface area contributed by atoms with Gasteiger partial charge in [0.2, 0.25) is 11.7 Å². The second-order valence-electron chi connectivity index (χ2n) is 10.0. The summed E-state index contributed by atoms with van der Waals surface area (Å²) in [6, 6.07) is 5.47. The molecule has 1 aromatic carbocycles. The molecule has 0 bridgehead atoms. The maximum Gasteiger partial charge on any atom is 0.329 e. The number of fused-ring (bicyclic) bond motifs is 1. The predicted octanol–water partition coefficient (Wildman–Crippen LogP) is 2.60. The Balaban J connectivity index is 1.49. The van der Waals surface area contributed by atoms with Gasteiger partial charge in [0.1, 0.15) is 18.2 Å². The summed E-state index contributed by atoms with van der Waals surface area (Å²) in [5.74, 6) is -1.39. The Morgan fingerprint density at radius 3 is 2.47 bits per heavy atom. The summed E-state index contributed by atoms with van der Waals surface area (Å²) >= 11 is 0. The van der Waals surface area contributed by atoms with E-state index in [4.69, 9.17) is 26.2 Å². The van der Waals surface area contributed by atoms with Crippen molar-refractivity contribution in [2.45, 2.75) is 58.4 Å². The molecule has 38 heavy (non-hydrogen) atoms. The van der Waals surface area contributed by atoms with Crippen LogP contribution in [-0.2, 0) is 41.7 Å². The number of morpholine rings is 1. The van der Waals surface area contributed by atoms with Gasteiger partial charge in [-0.05, 0) is 56.0 Å². The van der Waals surface area contributed by atoms with Crippen molar-refractivity contribution in [3.8, 4) is 0 Å². The lowest BCUT2D eigenvalue weighted by Gasteiger charge is -2.29. The van der Waals surface area contributed by atoms with Crippen molar-refractivity contribution in [1.29, 1.82) is 0 Å². The Morgan fingerprint density at radius 2 is 1.82 bits per heavy atom. The molecule has 3 aliphatic rings. The van der Waals surface area contributed by atoms with Crippen LogP contribution in [0.15, 0.2) is 59.5 Å². The van der Waals surface area contributed by atoms with Crippen LogP contribution in [0.25, 0.3) is 0 Å². The largest absolute Gasteiger partial charge is 0.484 e. The lowest BCUT2D eigenvalue weighted by molar-refractivity contribution is -0.160. The Bertz CT molecular complexity index is 1460. The zero-order valence-corrected chi connectivity index (χ0v) is 21.6. The summed E-state index contributed by atoms with van der Waals surface area (Å²) in [4.78, 5) is 39.6. The third-order valence-corrected chi connectivity index (χ3v) is 5.86. The summed E-state index contributed by atoms with van der Waals surface area (Å²) < 4.78 is 80.2. The Kier molecular flexibility index (Phi) is 5.90. The summed E-state index contributed by atoms with van der Waals surface area (Å²) in [6.45, 7) is -7.45. The molecule has 9 nitrogen and oxygen atoms in total. The van der Waals surface area contributed by atoms with Gasteiger partial charge in [0, 0.05) is 49.8 Å². The van der Waals surface area contributed by atoms with E-state index in [1.165, 1.54) is 6.08 Å². The minimum Gasteiger partial charge on any atom is -0.484 e. The fraction of sp³-hybridized carbons (Fsp3) is 0.483. The third kappa shape index (κ3) is 7.33. The first kappa shape index (κ1) is 18.8. The monoisotopic (exact) mass is 531 g/mol. The fourth-order valence-corrected chi connectivity index (χ4v) is 4.11. The molecule has 1 amide bonds. The molecule has 2 heterocycles. The minimum atomic E-state index is -3.14. The Labute approximate surface area is 235 Å². The molecule has 0 aromatic heterocycles. The number of nitrogens with two attached hydrogens (primary N) is 1. The van der Waals surface area contributed by atoms with Gasteiger partial charge in [-0.25, -0.2) is 4.79 Å². The number of rotatable bonds is 10. The lowest BCUT2D eigenvalue weighted by atomic mass is 10.00. The van der Waals surface area contributed by atoms with Crippen LogP contribution in [-0.4, -0.2) is 71.8 Å². The van der Waals surface area contributed by atoms with Gasteiger partial charge in [-0.15, -0.1) is 0 Å². The van der Waals surface area contributed by atoms with Crippen LogP contribution in [0.5, 0.6) is 0 Å². The summed E-state index contributed by atoms with van der Waals surface area (Å²) in [7, 11) is 0. The predicted molar refractivity (Wildman–Crippen MR) is 141 cm³/mol. The van der Waals surface area contributed by atoms with Gasteiger partial charge in [0.05, 0.1) is 18.6 Å². The molecular formula is C29H37N3O6. The standard InChI is InChI=1S/C29H37N3O6/c1-29(2,3)38-28(35)24(9-11-26(30)34)32-17-22-8-10-25(33)27(23(22)18-32)37-19-21-6-4-20(5-7-21)16-31-12-14-36-15-13-31/h4-8,10,17,24H,9,11-16,18-19H2,1-3H3,(H2,30,34)/i12D2,13D2,14D2,15D2. The molecule has 9 heteroatoms. The lowest BCUT2D eigenvalue weighted by Crippen LogP contribution is -2.42. The highest BCUT2D eigenvalue weighted by molar-refractivity contribution is 6.05. The first-order chi connectivity index (χ1) is 21.1. The fourth-order valence-electron chi connectivity index (χ4n) is 4.11. The van der Waals surface area contributed by atoms with E-state index >= 15 is 0 Å². The summed E-state index contributed by atoms with van der Waals surface area (Å²) in [6.07, 6.45) is 4.75. The smallest absolute Gasteiger partial charge is 0.329 e. The molecular weight excluding hydrogens is 486 g/mol. The van der Waals surface area contributed by atoms with Gasteiger partial charge in [-0.3, -0.25) is 14.5 Å². The zero-order chi connectivity index (χ0) is 34.5. The van der Waals surface area contributed by atoms with Crippen molar-refractivity contribution >= 4 is 17.7 Å². The molecule has 1 unspecified atom stereocenters. The topological polar surface area (TPSA) is 111 Å². The average Bonchev–Trinajstić information content (AvgIpc) is 3.33. The molecule has 2 aliphatic heterocycles. The van der Waals surface area contributed by atoms with Crippen LogP contribution >= 0.6 is 0 Å². The quantitative estimate of drug-likeness (QED) is 0.459. The van der Waals surface area contributed by atoms with Gasteiger partial charge in [0.25, 0.3) is 0 Å². The number of carbonyl (C=O) groups is 3. The molecule has 4 rings (SSSR count). The molecule has 204 valence electrons. The van der Waals surface area contributed by atoms with Crippen molar-refractivity contribution in [1.82, 2.24) is 9.80 Å². The number of amides is 1. The second kappa shape index (κ2) is 12.0. The minimum absolute atomic E-state index is 0.0440. The van der Waals surface area contributed by atoms with Gasteiger partial charge < -0.3 is 24.8 Å². The van der Waals surface area contributed by atoms with Gasteiger partial charge in [0.15, 0.2) is 5.76 Å². The molecule has 0 spiro atoms. The van der Waals surface area contributed by atoms with Crippen molar-refractivity contribution in [2.24, 2.45) is 5.73 Å². The van der Waals surface area contributed by atoms with Crippen molar-refractivity contribution in [3.63, 3.8) is 0 Å². The summed E-state index contributed by atoms with van der Waals surface area (Å²) in [5, 5.41) is 0. The van der Waals surface area contributed by atoms with Crippen LogP contribution < -0.4 is 5.73 Å². The van der Waals surface area contributed by atoms with Crippen LogP contribution in [0.3, 0.4) is 0 Å². The highest BCUT2D eigenvalue weighted by Crippen LogP contribution is 2.33. The molecule has 2 N–H and O–H groups in total. The average molecular weight is 532 g/mol. The molecule has 1 fully saturated rings. The third-order valence-electron chi connectivity index (χ3n) is 5.86. The van der Waals surface area contributed by atoms with Crippen molar-refractivity contribution < 1.29 is 39.6 Å². The van der Waals surface area contributed by atoms with Gasteiger partial charge in [-0.2, -0.15) is 0 Å². The molecule has 1 saturated heterocycles. The van der Waals surface area contributed by atoms with E-state index in [0.29, 0.717) is 27.2 Å². The Hall–Kier alpha value is -3.43. The van der Waals surface area contributed by atoms with Crippen LogP contribution in [0.1, 0.15) is 55.7 Å². The molecule has 1 atom stereocenters. The first-order valence-corrected chi connectivity index (χ1v) is 12.2. The van der Waals surface area contributed by atoms with Crippen LogP contribution in [0.2, 0.25) is 0 Å². The molecule has 0 radical (unpaired) electrons. The Morgan fingerprint density at radius 1 is 1.13 bits per heavy atom. The molecule has 1 aromatic rings. The number of allylic oxidation sites excluding steroid dienone is 2. The first-order valence-electron chi connectivity index (χ1n) is 16.2. The number of ether oxygens (including phenoxy) is 3. The number of carbonyl (C=O) groups excluding carboxylic acids is 3. The highest BCUT2D eigenvalue weighted by Gasteiger charge is 2.35. The van der Waals surface area contributed by atoms with E-state index in [1.807, 2.05) is 0 Å². The maximum absolute atomic E-state index is 13.0. The van der Waals surface area contributed by atoms with Crippen molar-refractivity contribution in [2.75, 3.05) is 32.7 Å². The number of benzene rings is 1. The van der Waals surface area contributed by atoms with E-state index < -0.39 is 56.2 Å². The highest BCUT2D eigenvalue weighted by atomic mass is 16.6. The molecule has 1 aliphatic carbocycles.